The number of amides is 1. The van der Waals surface area contributed by atoms with Crippen LogP contribution in [0.4, 0.5) is 0 Å². The molecule has 1 amide bonds. The maximum Gasteiger partial charge on any atom is 0.233 e. The molecule has 30 heavy (non-hydrogen) atoms. The average molecular weight is 446 g/mol. The predicted octanol–water partition coefficient (Wildman–Crippen LogP) is 3.59. The van der Waals surface area contributed by atoms with Gasteiger partial charge in [-0.15, -0.1) is 0 Å². The molecule has 3 atom stereocenters. The number of carbonyl (C=O) groups excluding carboxylic acids is 1. The van der Waals surface area contributed by atoms with Crippen LogP contribution in [0.1, 0.15) is 24.1 Å². The first-order valence-corrected chi connectivity index (χ1v) is 10.4. The minimum atomic E-state index is -0.963. The Balaban J connectivity index is 1.78. The SMILES string of the molecule is COc1ccc(CN2C(=S)NC3c4cc(Cl)ccc4OC2(C)C3C(=O)N(C)C)cc1. The molecule has 2 bridgehead atoms. The van der Waals surface area contributed by atoms with Crippen LogP contribution in [0, 0.1) is 5.92 Å². The fraction of sp³-hybridized carbons (Fsp3) is 0.364. The first-order chi connectivity index (χ1) is 14.2. The highest BCUT2D eigenvalue weighted by atomic mass is 35.5. The highest BCUT2D eigenvalue weighted by Gasteiger charge is 2.58. The van der Waals surface area contributed by atoms with E-state index in [1.54, 1.807) is 32.2 Å². The van der Waals surface area contributed by atoms with Gasteiger partial charge in [0.1, 0.15) is 17.4 Å². The molecule has 6 nitrogen and oxygen atoms in total. The maximum atomic E-state index is 13.3. The molecule has 0 aromatic heterocycles. The van der Waals surface area contributed by atoms with E-state index in [0.717, 1.165) is 16.9 Å². The van der Waals surface area contributed by atoms with Crippen molar-refractivity contribution in [2.24, 2.45) is 5.92 Å². The molecular weight excluding hydrogens is 422 g/mol. The second-order valence-corrected chi connectivity index (χ2v) is 8.73. The number of ether oxygens (including phenoxy) is 2. The van der Waals surface area contributed by atoms with Crippen LogP contribution in [0.5, 0.6) is 11.5 Å². The summed E-state index contributed by atoms with van der Waals surface area (Å²) in [5, 5.41) is 4.50. The normalized spacial score (nSPS) is 24.4. The van der Waals surface area contributed by atoms with Crippen molar-refractivity contribution in [1.82, 2.24) is 15.1 Å². The van der Waals surface area contributed by atoms with Gasteiger partial charge in [-0.05, 0) is 55.0 Å². The summed E-state index contributed by atoms with van der Waals surface area (Å²) in [5.41, 5.74) is 0.905. The van der Waals surface area contributed by atoms with Gasteiger partial charge in [0, 0.05) is 31.2 Å². The van der Waals surface area contributed by atoms with E-state index in [1.807, 2.05) is 48.2 Å². The Morgan fingerprint density at radius 1 is 1.30 bits per heavy atom. The second-order valence-electron chi connectivity index (χ2n) is 7.91. The molecule has 1 saturated heterocycles. The van der Waals surface area contributed by atoms with E-state index in [1.165, 1.54) is 0 Å². The Labute approximate surface area is 186 Å². The molecule has 4 rings (SSSR count). The number of rotatable bonds is 4. The fourth-order valence-corrected chi connectivity index (χ4v) is 4.77. The van der Waals surface area contributed by atoms with Gasteiger partial charge in [-0.25, -0.2) is 0 Å². The molecule has 2 aromatic rings. The lowest BCUT2D eigenvalue weighted by Crippen LogP contribution is -2.71. The first-order valence-electron chi connectivity index (χ1n) is 9.65. The largest absolute Gasteiger partial charge is 0.497 e. The molecule has 0 radical (unpaired) electrons. The summed E-state index contributed by atoms with van der Waals surface area (Å²) in [5.74, 6) is 0.931. The summed E-state index contributed by atoms with van der Waals surface area (Å²) in [4.78, 5) is 16.8. The number of carbonyl (C=O) groups is 1. The van der Waals surface area contributed by atoms with Crippen LogP contribution >= 0.6 is 23.8 Å². The second kappa shape index (κ2) is 7.63. The van der Waals surface area contributed by atoms with Gasteiger partial charge in [-0.1, -0.05) is 23.7 Å². The summed E-state index contributed by atoms with van der Waals surface area (Å²) in [6.07, 6.45) is 0. The van der Waals surface area contributed by atoms with E-state index in [4.69, 9.17) is 33.3 Å². The van der Waals surface area contributed by atoms with E-state index in [2.05, 4.69) is 5.32 Å². The smallest absolute Gasteiger partial charge is 0.233 e. The number of halogens is 1. The van der Waals surface area contributed by atoms with E-state index >= 15 is 0 Å². The zero-order valence-electron chi connectivity index (χ0n) is 17.3. The van der Waals surface area contributed by atoms with Crippen LogP contribution in [0.15, 0.2) is 42.5 Å². The summed E-state index contributed by atoms with van der Waals surface area (Å²) >= 11 is 12.0. The number of thiocarbonyl (C=S) groups is 1. The molecule has 8 heteroatoms. The van der Waals surface area contributed by atoms with Crippen LogP contribution in [0.2, 0.25) is 5.02 Å². The number of hydrogen-bond donors (Lipinski definition) is 1. The molecule has 1 fully saturated rings. The molecule has 2 aliphatic heterocycles. The van der Waals surface area contributed by atoms with Crippen molar-refractivity contribution >= 4 is 34.8 Å². The van der Waals surface area contributed by atoms with E-state index in [0.29, 0.717) is 22.4 Å². The van der Waals surface area contributed by atoms with Gasteiger partial charge >= 0.3 is 0 Å². The van der Waals surface area contributed by atoms with Gasteiger partial charge in [0.15, 0.2) is 10.8 Å². The minimum absolute atomic E-state index is 0.0390. The number of fused-ring (bicyclic) bond motifs is 4. The number of nitrogens with zero attached hydrogens (tertiary/aromatic N) is 2. The molecule has 2 heterocycles. The zero-order chi connectivity index (χ0) is 21.6. The summed E-state index contributed by atoms with van der Waals surface area (Å²) < 4.78 is 11.7. The molecule has 3 unspecified atom stereocenters. The molecular formula is C22H24ClN3O3S. The Morgan fingerprint density at radius 3 is 2.63 bits per heavy atom. The molecule has 0 saturated carbocycles. The van der Waals surface area contributed by atoms with Crippen molar-refractivity contribution in [3.8, 4) is 11.5 Å². The van der Waals surface area contributed by atoms with Crippen molar-refractivity contribution in [3.05, 3.63) is 58.6 Å². The third-order valence-electron chi connectivity index (χ3n) is 5.80. The summed E-state index contributed by atoms with van der Waals surface area (Å²) in [7, 11) is 5.14. The molecule has 2 aliphatic rings. The summed E-state index contributed by atoms with van der Waals surface area (Å²) in [6.45, 7) is 2.42. The first kappa shape index (κ1) is 20.8. The van der Waals surface area contributed by atoms with Crippen LogP contribution < -0.4 is 14.8 Å². The van der Waals surface area contributed by atoms with E-state index in [9.17, 15) is 4.79 Å². The lowest BCUT2D eigenvalue weighted by atomic mass is 9.78. The average Bonchev–Trinajstić information content (AvgIpc) is 2.71. The van der Waals surface area contributed by atoms with Crippen LogP contribution in [0.25, 0.3) is 0 Å². The Morgan fingerprint density at radius 2 is 2.00 bits per heavy atom. The van der Waals surface area contributed by atoms with Crippen molar-refractivity contribution in [2.75, 3.05) is 21.2 Å². The van der Waals surface area contributed by atoms with Gasteiger partial charge in [-0.2, -0.15) is 0 Å². The van der Waals surface area contributed by atoms with E-state index < -0.39 is 11.6 Å². The lowest BCUT2D eigenvalue weighted by molar-refractivity contribution is -0.162. The highest BCUT2D eigenvalue weighted by Crippen LogP contribution is 2.49. The number of nitrogens with one attached hydrogen (secondary N) is 1. The monoisotopic (exact) mass is 445 g/mol. The standard InChI is InChI=1S/C22H24ClN3O3S/c1-22-18(20(27)25(2)3)19(16-11-14(23)7-10-17(16)29-22)24-21(30)26(22)12-13-5-8-15(28-4)9-6-13/h5-11,18-19H,12H2,1-4H3,(H,24,30). The quantitative estimate of drug-likeness (QED) is 0.726. The third kappa shape index (κ3) is 3.36. The topological polar surface area (TPSA) is 54.0 Å². The molecule has 158 valence electrons. The van der Waals surface area contributed by atoms with Gasteiger partial charge in [0.05, 0.1) is 13.2 Å². The number of methoxy groups -OCH3 is 1. The van der Waals surface area contributed by atoms with Crippen molar-refractivity contribution in [1.29, 1.82) is 0 Å². The zero-order valence-corrected chi connectivity index (χ0v) is 18.9. The molecule has 1 N–H and O–H groups in total. The molecule has 2 aromatic carbocycles. The van der Waals surface area contributed by atoms with Crippen molar-refractivity contribution in [3.63, 3.8) is 0 Å². The minimum Gasteiger partial charge on any atom is -0.497 e. The van der Waals surface area contributed by atoms with E-state index in [-0.39, 0.29) is 11.9 Å². The van der Waals surface area contributed by atoms with Gasteiger partial charge in [0.2, 0.25) is 5.91 Å². The van der Waals surface area contributed by atoms with Crippen molar-refractivity contribution < 1.29 is 14.3 Å². The number of benzene rings is 2. The van der Waals surface area contributed by atoms with Gasteiger partial charge in [-0.3, -0.25) is 4.79 Å². The Kier molecular flexibility index (Phi) is 5.28. The molecule has 0 spiro atoms. The predicted molar refractivity (Wildman–Crippen MR) is 120 cm³/mol. The summed E-state index contributed by atoms with van der Waals surface area (Å²) in [6, 6.07) is 12.9. The Hall–Kier alpha value is -2.51. The van der Waals surface area contributed by atoms with Gasteiger partial charge in [0.25, 0.3) is 0 Å². The van der Waals surface area contributed by atoms with Crippen LogP contribution in [-0.2, 0) is 11.3 Å². The molecule has 0 aliphatic carbocycles. The maximum absolute atomic E-state index is 13.3. The Bertz CT molecular complexity index is 998. The van der Waals surface area contributed by atoms with Crippen molar-refractivity contribution in [2.45, 2.75) is 25.2 Å². The van der Waals surface area contributed by atoms with Crippen LogP contribution in [0.3, 0.4) is 0 Å². The van der Waals surface area contributed by atoms with Gasteiger partial charge < -0.3 is 24.6 Å². The highest BCUT2D eigenvalue weighted by molar-refractivity contribution is 7.80. The van der Waals surface area contributed by atoms with Crippen LogP contribution in [-0.4, -0.2) is 47.7 Å². The number of hydrogen-bond acceptors (Lipinski definition) is 4. The lowest BCUT2D eigenvalue weighted by Gasteiger charge is -2.56. The third-order valence-corrected chi connectivity index (χ3v) is 6.37. The fourth-order valence-electron chi connectivity index (χ4n) is 4.22.